The van der Waals surface area contributed by atoms with Crippen LogP contribution in [0.5, 0.6) is 0 Å². The van der Waals surface area contributed by atoms with Crippen molar-refractivity contribution in [2.24, 2.45) is 0 Å². The van der Waals surface area contributed by atoms with E-state index in [9.17, 15) is 0 Å². The number of nitrogens with one attached hydrogen (secondary N) is 1. The van der Waals surface area contributed by atoms with Gasteiger partial charge in [-0.05, 0) is 19.0 Å². The van der Waals surface area contributed by atoms with Gasteiger partial charge in [0.15, 0.2) is 0 Å². The van der Waals surface area contributed by atoms with E-state index in [0.29, 0.717) is 15.7 Å². The number of hydrogen-bond donors (Lipinski definition) is 1. The molecule has 2 heterocycles. The van der Waals surface area contributed by atoms with Gasteiger partial charge in [0.1, 0.15) is 10.7 Å². The van der Waals surface area contributed by atoms with Crippen molar-refractivity contribution in [2.75, 3.05) is 6.54 Å². The predicted molar refractivity (Wildman–Crippen MR) is 86.7 cm³/mol. The molecule has 0 aliphatic carbocycles. The van der Waals surface area contributed by atoms with Gasteiger partial charge in [0.05, 0.1) is 15.7 Å². The lowest BCUT2D eigenvalue weighted by Gasteiger charge is -2.00. The lowest BCUT2D eigenvalue weighted by atomic mass is 10.2. The molecule has 0 bridgehead atoms. The molecule has 0 radical (unpaired) electrons. The van der Waals surface area contributed by atoms with Crippen LogP contribution in [0.2, 0.25) is 10.0 Å². The Hall–Kier alpha value is -0.680. The normalized spacial score (nSPS) is 11.0. The van der Waals surface area contributed by atoms with Crippen LogP contribution >= 0.6 is 34.5 Å². The van der Waals surface area contributed by atoms with Crippen LogP contribution in [0.4, 0.5) is 0 Å². The molecule has 3 nitrogen and oxygen atoms in total. The molecule has 2 aromatic heterocycles. The third kappa shape index (κ3) is 3.70. The first-order valence-corrected chi connectivity index (χ1v) is 8.23. The molecule has 20 heavy (non-hydrogen) atoms. The predicted octanol–water partition coefficient (Wildman–Crippen LogP) is 4.57. The van der Waals surface area contributed by atoms with Crippen LogP contribution < -0.4 is 5.32 Å². The average Bonchev–Trinajstić information content (AvgIpc) is 2.80. The number of pyridine rings is 1. The van der Waals surface area contributed by atoms with Crippen LogP contribution in [0.3, 0.4) is 0 Å². The third-order valence-electron chi connectivity index (χ3n) is 2.81. The molecule has 0 amide bonds. The van der Waals surface area contributed by atoms with Crippen LogP contribution in [-0.4, -0.2) is 16.5 Å². The van der Waals surface area contributed by atoms with Crippen LogP contribution in [0, 0.1) is 0 Å². The van der Waals surface area contributed by atoms with Crippen LogP contribution in [-0.2, 0) is 13.0 Å². The maximum atomic E-state index is 6.21. The summed E-state index contributed by atoms with van der Waals surface area (Å²) in [6.45, 7) is 6.04. The maximum absolute atomic E-state index is 6.21. The Labute approximate surface area is 133 Å². The minimum atomic E-state index is 0.539. The standard InChI is InChI=1S/C14H17Cl2N3S/c1-3-5-11-12(8-17-4-2)20-14(19-11)13-10(16)6-9(15)7-18-13/h6-7,17H,3-5,8H2,1-2H3. The molecule has 0 fully saturated rings. The summed E-state index contributed by atoms with van der Waals surface area (Å²) >= 11 is 13.7. The highest BCUT2D eigenvalue weighted by molar-refractivity contribution is 7.15. The first-order valence-electron chi connectivity index (χ1n) is 6.66. The molecule has 2 rings (SSSR count). The van der Waals surface area contributed by atoms with Crippen molar-refractivity contribution in [1.29, 1.82) is 0 Å². The molecule has 0 atom stereocenters. The minimum absolute atomic E-state index is 0.539. The van der Waals surface area contributed by atoms with Crippen molar-refractivity contribution in [3.8, 4) is 10.7 Å². The number of halogens is 2. The largest absolute Gasteiger partial charge is 0.312 e. The van der Waals surface area contributed by atoms with E-state index in [1.165, 1.54) is 4.88 Å². The average molecular weight is 330 g/mol. The number of thiazole rings is 1. The van der Waals surface area contributed by atoms with Crippen molar-refractivity contribution in [3.63, 3.8) is 0 Å². The smallest absolute Gasteiger partial charge is 0.143 e. The zero-order valence-electron chi connectivity index (χ0n) is 11.5. The van der Waals surface area contributed by atoms with Crippen LogP contribution in [0.25, 0.3) is 10.7 Å². The summed E-state index contributed by atoms with van der Waals surface area (Å²) in [5.74, 6) is 0. The van der Waals surface area contributed by atoms with Gasteiger partial charge in [-0.1, -0.05) is 43.5 Å². The summed E-state index contributed by atoms with van der Waals surface area (Å²) in [7, 11) is 0. The summed E-state index contributed by atoms with van der Waals surface area (Å²) < 4.78 is 0. The van der Waals surface area contributed by atoms with Gasteiger partial charge in [-0.2, -0.15) is 0 Å². The summed E-state index contributed by atoms with van der Waals surface area (Å²) in [5.41, 5.74) is 1.85. The van der Waals surface area contributed by atoms with E-state index < -0.39 is 0 Å². The molecule has 6 heteroatoms. The fourth-order valence-electron chi connectivity index (χ4n) is 1.87. The number of aromatic nitrogens is 2. The molecular formula is C14H17Cl2N3S. The Morgan fingerprint density at radius 3 is 2.75 bits per heavy atom. The third-order valence-corrected chi connectivity index (χ3v) is 4.41. The summed E-state index contributed by atoms with van der Waals surface area (Å²) in [4.78, 5) is 10.3. The topological polar surface area (TPSA) is 37.8 Å². The van der Waals surface area contributed by atoms with Crippen LogP contribution in [0.1, 0.15) is 30.8 Å². The summed E-state index contributed by atoms with van der Waals surface area (Å²) in [5, 5.41) is 5.30. The Morgan fingerprint density at radius 2 is 2.10 bits per heavy atom. The Balaban J connectivity index is 2.36. The molecule has 0 spiro atoms. The molecule has 108 valence electrons. The fourth-order valence-corrected chi connectivity index (χ4v) is 3.48. The number of nitrogens with zero attached hydrogens (tertiary/aromatic N) is 2. The van der Waals surface area contributed by atoms with Gasteiger partial charge in [0.25, 0.3) is 0 Å². The highest BCUT2D eigenvalue weighted by Crippen LogP contribution is 2.33. The first kappa shape index (κ1) is 15.7. The molecular weight excluding hydrogens is 313 g/mol. The van der Waals surface area contributed by atoms with Gasteiger partial charge >= 0.3 is 0 Å². The molecule has 0 unspecified atom stereocenters. The Bertz CT molecular complexity index is 584. The zero-order valence-corrected chi connectivity index (χ0v) is 13.9. The van der Waals surface area contributed by atoms with Crippen molar-refractivity contribution < 1.29 is 0 Å². The molecule has 0 saturated carbocycles. The van der Waals surface area contributed by atoms with E-state index >= 15 is 0 Å². The fraction of sp³-hybridized carbons (Fsp3) is 0.429. The maximum Gasteiger partial charge on any atom is 0.143 e. The van der Waals surface area contributed by atoms with E-state index in [1.54, 1.807) is 23.6 Å². The van der Waals surface area contributed by atoms with E-state index in [2.05, 4.69) is 24.1 Å². The second-order valence-corrected chi connectivity index (χ2v) is 6.33. The van der Waals surface area contributed by atoms with Crippen LogP contribution in [0.15, 0.2) is 12.3 Å². The van der Waals surface area contributed by atoms with E-state index in [-0.39, 0.29) is 0 Å². The zero-order chi connectivity index (χ0) is 14.5. The van der Waals surface area contributed by atoms with E-state index in [0.717, 1.165) is 36.6 Å². The van der Waals surface area contributed by atoms with Crippen molar-refractivity contribution in [2.45, 2.75) is 33.2 Å². The molecule has 0 aliphatic heterocycles. The van der Waals surface area contributed by atoms with Gasteiger partial charge in [0.2, 0.25) is 0 Å². The first-order chi connectivity index (χ1) is 9.65. The van der Waals surface area contributed by atoms with E-state index in [4.69, 9.17) is 28.2 Å². The summed E-state index contributed by atoms with van der Waals surface area (Å²) in [6, 6.07) is 1.70. The summed E-state index contributed by atoms with van der Waals surface area (Å²) in [6.07, 6.45) is 3.65. The quantitative estimate of drug-likeness (QED) is 0.843. The second-order valence-electron chi connectivity index (χ2n) is 4.40. The van der Waals surface area contributed by atoms with Crippen molar-refractivity contribution in [3.05, 3.63) is 32.9 Å². The van der Waals surface area contributed by atoms with E-state index in [1.807, 2.05) is 0 Å². The van der Waals surface area contributed by atoms with Gasteiger partial charge < -0.3 is 5.32 Å². The molecule has 2 aromatic rings. The number of aryl methyl sites for hydroxylation is 1. The minimum Gasteiger partial charge on any atom is -0.312 e. The van der Waals surface area contributed by atoms with Crippen molar-refractivity contribution >= 4 is 34.5 Å². The number of hydrogen-bond acceptors (Lipinski definition) is 4. The van der Waals surface area contributed by atoms with Gasteiger partial charge in [0, 0.05) is 17.6 Å². The molecule has 1 N–H and O–H groups in total. The Morgan fingerprint density at radius 1 is 1.30 bits per heavy atom. The highest BCUT2D eigenvalue weighted by atomic mass is 35.5. The Kier molecular flexibility index (Phi) is 5.78. The number of rotatable bonds is 6. The SMILES string of the molecule is CCCc1nc(-c2ncc(Cl)cc2Cl)sc1CNCC. The van der Waals surface area contributed by atoms with Gasteiger partial charge in [-0.3, -0.25) is 4.98 Å². The lowest BCUT2D eigenvalue weighted by molar-refractivity contribution is 0.723. The van der Waals surface area contributed by atoms with Crippen molar-refractivity contribution in [1.82, 2.24) is 15.3 Å². The van der Waals surface area contributed by atoms with Gasteiger partial charge in [-0.25, -0.2) is 4.98 Å². The lowest BCUT2D eigenvalue weighted by Crippen LogP contribution is -2.11. The van der Waals surface area contributed by atoms with Gasteiger partial charge in [-0.15, -0.1) is 11.3 Å². The molecule has 0 aliphatic rings. The molecule has 0 aromatic carbocycles. The molecule has 0 saturated heterocycles. The second kappa shape index (κ2) is 7.36. The highest BCUT2D eigenvalue weighted by Gasteiger charge is 2.15. The monoisotopic (exact) mass is 329 g/mol.